The second kappa shape index (κ2) is 25.1. The van der Waals surface area contributed by atoms with E-state index in [0.717, 1.165) is 19.6 Å². The maximum Gasteiger partial charge on any atom is 1.00 e. The van der Waals surface area contributed by atoms with Crippen LogP contribution < -0.4 is 51.4 Å². The summed E-state index contributed by atoms with van der Waals surface area (Å²) in [5.74, 6) is -3.50. The van der Waals surface area contributed by atoms with Crippen molar-refractivity contribution >= 4 is 22.1 Å². The molecule has 0 aromatic heterocycles. The largest absolute Gasteiger partial charge is 1.00 e. The first-order valence-electron chi connectivity index (χ1n) is 10.9. The van der Waals surface area contributed by atoms with E-state index in [2.05, 4.69) is 13.8 Å². The first kappa shape index (κ1) is 36.0. The molecule has 0 radical (unpaired) electrons. The number of unbranched alkanes of at least 4 members (excludes halogenated alkanes) is 11. The number of carboxylic acids is 2. The predicted octanol–water partition coefficient (Wildman–Crippen LogP) is 1.73. The third-order valence-electron chi connectivity index (χ3n) is 4.43. The Morgan fingerprint density at radius 1 is 0.839 bits per heavy atom. The van der Waals surface area contributed by atoms with Gasteiger partial charge in [0.15, 0.2) is 5.25 Å². The zero-order valence-corrected chi connectivity index (χ0v) is 23.3. The Morgan fingerprint density at radius 3 is 1.55 bits per heavy atom. The molecule has 10 heteroatoms. The molecule has 0 rings (SSSR count). The molecule has 0 heterocycles. The van der Waals surface area contributed by atoms with E-state index in [1.165, 1.54) is 77.0 Å². The molecule has 0 spiro atoms. The van der Waals surface area contributed by atoms with E-state index in [0.29, 0.717) is 0 Å². The van der Waals surface area contributed by atoms with Gasteiger partial charge in [-0.25, -0.2) is 0 Å². The van der Waals surface area contributed by atoms with Crippen LogP contribution in [0.4, 0.5) is 0 Å². The number of hydrogen-bond donors (Lipinski definition) is 3. The fourth-order valence-corrected chi connectivity index (χ4v) is 3.34. The molecule has 0 bridgehead atoms. The monoisotopic (exact) mass is 492 g/mol. The molecule has 8 nitrogen and oxygen atoms in total. The molecular weight excluding hydrogens is 451 g/mol. The summed E-state index contributed by atoms with van der Waals surface area (Å²) in [7, 11) is -4.84. The molecule has 0 fully saturated rings. The van der Waals surface area contributed by atoms with Crippen LogP contribution in [-0.4, -0.2) is 53.6 Å². The van der Waals surface area contributed by atoms with Crippen molar-refractivity contribution in [1.29, 1.82) is 0 Å². The van der Waals surface area contributed by atoms with Crippen LogP contribution in [0.2, 0.25) is 0 Å². The second-order valence-electron chi connectivity index (χ2n) is 7.29. The van der Waals surface area contributed by atoms with E-state index in [-0.39, 0.29) is 51.4 Å². The van der Waals surface area contributed by atoms with Gasteiger partial charge in [-0.05, 0) is 6.42 Å². The molecule has 0 saturated heterocycles. The van der Waals surface area contributed by atoms with Crippen LogP contribution in [0, 0.1) is 6.92 Å². The van der Waals surface area contributed by atoms with Crippen LogP contribution in [0.15, 0.2) is 0 Å². The van der Waals surface area contributed by atoms with Crippen molar-refractivity contribution < 1.29 is 88.9 Å². The van der Waals surface area contributed by atoms with Gasteiger partial charge < -0.3 is 21.9 Å². The van der Waals surface area contributed by atoms with Crippen LogP contribution in [0.3, 0.4) is 0 Å². The van der Waals surface area contributed by atoms with Crippen molar-refractivity contribution in [3.05, 3.63) is 6.92 Å². The molecule has 0 amide bonds. The molecular formula is C21H41KO8S. The van der Waals surface area contributed by atoms with E-state index in [1.54, 1.807) is 0 Å². The molecule has 0 aromatic rings. The number of carbonyl (C=O) groups is 2. The molecule has 0 aromatic carbocycles. The van der Waals surface area contributed by atoms with E-state index in [4.69, 9.17) is 19.5 Å². The summed E-state index contributed by atoms with van der Waals surface area (Å²) in [6.45, 7) is 7.81. The summed E-state index contributed by atoms with van der Waals surface area (Å²) >= 11 is 0. The average molecular weight is 493 g/mol. The van der Waals surface area contributed by atoms with Crippen LogP contribution in [0.1, 0.15) is 96.8 Å². The van der Waals surface area contributed by atoms with Gasteiger partial charge in [0, 0.05) is 13.2 Å². The molecule has 0 saturated carbocycles. The smallest absolute Gasteiger partial charge is 0.481 e. The van der Waals surface area contributed by atoms with Gasteiger partial charge >= 0.3 is 63.3 Å². The molecule has 0 aliphatic carbocycles. The SMILES string of the molecule is O=C(O)CC(C(=O)O)S(=O)(=O)O.[CH2-]CCOCCCCCCCCCCCCCC.[K+]. The Bertz CT molecular complexity index is 509. The van der Waals surface area contributed by atoms with E-state index in [1.807, 2.05) is 0 Å². The minimum absolute atomic E-state index is 0. The van der Waals surface area contributed by atoms with E-state index >= 15 is 0 Å². The van der Waals surface area contributed by atoms with Crippen LogP contribution in [-0.2, 0) is 24.4 Å². The van der Waals surface area contributed by atoms with Gasteiger partial charge in [0.2, 0.25) is 0 Å². The maximum atomic E-state index is 10.2. The molecule has 3 N–H and O–H groups in total. The van der Waals surface area contributed by atoms with Crippen LogP contribution in [0.25, 0.3) is 0 Å². The predicted molar refractivity (Wildman–Crippen MR) is 117 cm³/mol. The first-order valence-corrected chi connectivity index (χ1v) is 12.4. The van der Waals surface area contributed by atoms with Crippen LogP contribution >= 0.6 is 0 Å². The Morgan fingerprint density at radius 2 is 1.26 bits per heavy atom. The number of carboxylic acid groups (broad SMARTS) is 2. The Hall–Kier alpha value is 0.446. The quantitative estimate of drug-likeness (QED) is 0.107. The minimum atomic E-state index is -4.84. The van der Waals surface area contributed by atoms with Crippen molar-refractivity contribution in [2.75, 3.05) is 13.2 Å². The number of aliphatic carboxylic acids is 2. The zero-order chi connectivity index (χ0) is 23.3. The standard InChI is InChI=1S/C17H35O.C4H6O7S.K/c1-3-5-6-7-8-9-10-11-12-13-14-15-17-18-16-4-2;5-3(6)1-2(4(7)8)12(9,10)11;/h2-17H2,1H3;2H,1H2,(H,5,6)(H,7,8)(H,9,10,11);/q-1;;+1. The van der Waals surface area contributed by atoms with Crippen molar-refractivity contribution in [2.45, 2.75) is 102 Å². The van der Waals surface area contributed by atoms with Gasteiger partial charge in [-0.3, -0.25) is 14.1 Å². The minimum Gasteiger partial charge on any atom is -0.481 e. The topological polar surface area (TPSA) is 138 Å². The summed E-state index contributed by atoms with van der Waals surface area (Å²) in [4.78, 5) is 20.0. The van der Waals surface area contributed by atoms with Gasteiger partial charge in [0.25, 0.3) is 10.1 Å². The summed E-state index contributed by atoms with van der Waals surface area (Å²) in [6.07, 6.45) is 16.6. The Kier molecular flexibility index (Phi) is 29.1. The first-order chi connectivity index (χ1) is 14.2. The summed E-state index contributed by atoms with van der Waals surface area (Å²) < 4.78 is 34.1. The van der Waals surface area contributed by atoms with Gasteiger partial charge in [-0.2, -0.15) is 14.8 Å². The van der Waals surface area contributed by atoms with Crippen molar-refractivity contribution in [3.8, 4) is 0 Å². The molecule has 1 unspecified atom stereocenters. The normalized spacial score (nSPS) is 11.7. The number of rotatable bonds is 19. The van der Waals surface area contributed by atoms with Gasteiger partial charge in [-0.15, -0.1) is 0 Å². The van der Waals surface area contributed by atoms with Gasteiger partial charge in [0.1, 0.15) is 0 Å². The fraction of sp³-hybridized carbons (Fsp3) is 0.857. The van der Waals surface area contributed by atoms with Crippen molar-refractivity contribution in [1.82, 2.24) is 0 Å². The van der Waals surface area contributed by atoms with E-state index < -0.39 is 33.7 Å². The maximum absolute atomic E-state index is 10.2. The second-order valence-corrected chi connectivity index (χ2v) is 8.89. The van der Waals surface area contributed by atoms with Crippen LogP contribution in [0.5, 0.6) is 0 Å². The molecule has 1 atom stereocenters. The van der Waals surface area contributed by atoms with Gasteiger partial charge in [-0.1, -0.05) is 77.6 Å². The Labute approximate surface area is 231 Å². The number of ether oxygens (including phenoxy) is 1. The third kappa shape index (κ3) is 28.4. The molecule has 180 valence electrons. The summed E-state index contributed by atoms with van der Waals surface area (Å²) in [5, 5.41) is 13.9. The summed E-state index contributed by atoms with van der Waals surface area (Å²) in [5.41, 5.74) is 0. The molecule has 31 heavy (non-hydrogen) atoms. The average Bonchev–Trinajstić information content (AvgIpc) is 2.66. The van der Waals surface area contributed by atoms with Crippen molar-refractivity contribution in [2.24, 2.45) is 0 Å². The molecule has 0 aliphatic heterocycles. The fourth-order valence-electron chi connectivity index (χ4n) is 2.73. The number of hydrogen-bond acceptors (Lipinski definition) is 5. The third-order valence-corrected chi connectivity index (χ3v) is 5.51. The van der Waals surface area contributed by atoms with Gasteiger partial charge in [0.05, 0.1) is 6.42 Å². The van der Waals surface area contributed by atoms with E-state index in [9.17, 15) is 18.0 Å². The molecule has 0 aliphatic rings. The Balaban J connectivity index is -0.000000528. The summed E-state index contributed by atoms with van der Waals surface area (Å²) in [6, 6.07) is 0. The van der Waals surface area contributed by atoms with Crippen molar-refractivity contribution in [3.63, 3.8) is 0 Å². The zero-order valence-electron chi connectivity index (χ0n) is 19.4.